The maximum atomic E-state index is 10.8. The summed E-state index contributed by atoms with van der Waals surface area (Å²) in [6.07, 6.45) is 6.79. The molecular weight excluding hydrogens is 264 g/mol. The molecule has 1 unspecified atom stereocenters. The van der Waals surface area contributed by atoms with Crippen LogP contribution in [0.2, 0.25) is 0 Å². The molecule has 1 heterocycles. The quantitative estimate of drug-likeness (QED) is 0.598. The molecule has 4 N–H and O–H groups in total. The molecule has 1 atom stereocenters. The third kappa shape index (κ3) is 8.65. The number of hydrogen-bond donors (Lipinski definition) is 4. The lowest BCUT2D eigenvalue weighted by molar-refractivity contribution is -0.159. The summed E-state index contributed by atoms with van der Waals surface area (Å²) in [5, 5.41) is 17.9. The second kappa shape index (κ2) is 9.51. The highest BCUT2D eigenvalue weighted by molar-refractivity contribution is 6.27. The predicted octanol–water partition coefficient (Wildman–Crippen LogP) is 0.542. The van der Waals surface area contributed by atoms with Crippen LogP contribution in [0, 0.1) is 0 Å². The Labute approximate surface area is 116 Å². The SMILES string of the molecule is CNC(C)C/C=C/c1ccc(=O)[nH]c1.O=C(O)C(=O)O. The normalized spacial score (nSPS) is 11.5. The molecule has 0 aliphatic rings. The van der Waals surface area contributed by atoms with Gasteiger partial charge in [-0.05, 0) is 32.0 Å². The Bertz CT molecular complexity index is 489. The smallest absolute Gasteiger partial charge is 0.414 e. The summed E-state index contributed by atoms with van der Waals surface area (Å²) in [5.41, 5.74) is 0.957. The molecule has 7 nitrogen and oxygen atoms in total. The second-order valence-electron chi connectivity index (χ2n) is 3.92. The first kappa shape index (κ1) is 17.6. The van der Waals surface area contributed by atoms with Crippen molar-refractivity contribution in [3.8, 4) is 0 Å². The Morgan fingerprint density at radius 2 is 1.95 bits per heavy atom. The van der Waals surface area contributed by atoms with Gasteiger partial charge in [-0.3, -0.25) is 4.79 Å². The second-order valence-corrected chi connectivity index (χ2v) is 3.92. The Balaban J connectivity index is 0.000000511. The molecule has 0 amide bonds. The molecule has 1 rings (SSSR count). The Kier molecular flexibility index (Phi) is 8.36. The van der Waals surface area contributed by atoms with Crippen LogP contribution in [0.15, 0.2) is 29.2 Å². The molecule has 0 spiro atoms. The average Bonchev–Trinajstić information content (AvgIpc) is 2.41. The predicted molar refractivity (Wildman–Crippen MR) is 74.5 cm³/mol. The van der Waals surface area contributed by atoms with Gasteiger partial charge in [-0.25, -0.2) is 9.59 Å². The number of carboxylic acids is 2. The molecule has 1 aromatic rings. The van der Waals surface area contributed by atoms with E-state index in [1.165, 1.54) is 6.07 Å². The molecular formula is C13H18N2O5. The number of rotatable bonds is 4. The van der Waals surface area contributed by atoms with Gasteiger partial charge in [-0.2, -0.15) is 0 Å². The molecule has 7 heteroatoms. The van der Waals surface area contributed by atoms with Crippen LogP contribution in [-0.2, 0) is 9.59 Å². The van der Waals surface area contributed by atoms with Crippen LogP contribution in [0.5, 0.6) is 0 Å². The van der Waals surface area contributed by atoms with Crippen LogP contribution < -0.4 is 10.9 Å². The van der Waals surface area contributed by atoms with E-state index in [0.717, 1.165) is 12.0 Å². The van der Waals surface area contributed by atoms with Crippen molar-refractivity contribution >= 4 is 18.0 Å². The van der Waals surface area contributed by atoms with Gasteiger partial charge in [0, 0.05) is 18.3 Å². The number of H-pyrrole nitrogens is 1. The molecule has 0 saturated heterocycles. The molecule has 0 fully saturated rings. The summed E-state index contributed by atoms with van der Waals surface area (Å²) in [5.74, 6) is -3.65. The van der Waals surface area contributed by atoms with Gasteiger partial charge in [0.1, 0.15) is 0 Å². The van der Waals surface area contributed by atoms with E-state index in [1.807, 2.05) is 13.1 Å². The van der Waals surface area contributed by atoms with E-state index < -0.39 is 11.9 Å². The summed E-state index contributed by atoms with van der Waals surface area (Å²) >= 11 is 0. The average molecular weight is 282 g/mol. The van der Waals surface area contributed by atoms with E-state index in [2.05, 4.69) is 23.3 Å². The summed E-state index contributed by atoms with van der Waals surface area (Å²) in [6.45, 7) is 2.12. The van der Waals surface area contributed by atoms with Crippen molar-refractivity contribution in [3.63, 3.8) is 0 Å². The zero-order valence-electron chi connectivity index (χ0n) is 11.3. The number of pyridine rings is 1. The first-order chi connectivity index (χ1) is 9.36. The van der Waals surface area contributed by atoms with Gasteiger partial charge in [0.15, 0.2) is 0 Å². The zero-order chi connectivity index (χ0) is 15.5. The molecule has 0 aliphatic heterocycles. The highest BCUT2D eigenvalue weighted by Crippen LogP contribution is 1.99. The van der Waals surface area contributed by atoms with Crippen LogP contribution in [0.3, 0.4) is 0 Å². The largest absolute Gasteiger partial charge is 0.473 e. The molecule has 20 heavy (non-hydrogen) atoms. The maximum Gasteiger partial charge on any atom is 0.414 e. The van der Waals surface area contributed by atoms with Gasteiger partial charge in [-0.1, -0.05) is 12.2 Å². The maximum absolute atomic E-state index is 10.8. The van der Waals surface area contributed by atoms with Gasteiger partial charge in [0.25, 0.3) is 0 Å². The van der Waals surface area contributed by atoms with Crippen LogP contribution in [-0.4, -0.2) is 40.2 Å². The number of nitrogens with one attached hydrogen (secondary N) is 2. The van der Waals surface area contributed by atoms with Crippen molar-refractivity contribution in [1.29, 1.82) is 0 Å². The van der Waals surface area contributed by atoms with Crippen molar-refractivity contribution in [2.45, 2.75) is 19.4 Å². The lowest BCUT2D eigenvalue weighted by atomic mass is 10.2. The summed E-state index contributed by atoms with van der Waals surface area (Å²) in [6, 6.07) is 3.81. The third-order valence-electron chi connectivity index (χ3n) is 2.28. The number of aromatic amines is 1. The monoisotopic (exact) mass is 282 g/mol. The summed E-state index contributed by atoms with van der Waals surface area (Å²) in [7, 11) is 1.94. The number of aromatic nitrogens is 1. The molecule has 1 aromatic heterocycles. The van der Waals surface area contributed by atoms with Crippen molar-refractivity contribution in [1.82, 2.24) is 10.3 Å². The number of hydrogen-bond acceptors (Lipinski definition) is 4. The molecule has 0 radical (unpaired) electrons. The van der Waals surface area contributed by atoms with Crippen LogP contribution in [0.4, 0.5) is 0 Å². The highest BCUT2D eigenvalue weighted by atomic mass is 16.4. The van der Waals surface area contributed by atoms with Crippen molar-refractivity contribution in [2.24, 2.45) is 0 Å². The van der Waals surface area contributed by atoms with Gasteiger partial charge in [-0.15, -0.1) is 0 Å². The van der Waals surface area contributed by atoms with Gasteiger partial charge in [0.2, 0.25) is 5.56 Å². The van der Waals surface area contributed by atoms with Crippen LogP contribution >= 0.6 is 0 Å². The van der Waals surface area contributed by atoms with Crippen LogP contribution in [0.25, 0.3) is 6.08 Å². The number of aliphatic carboxylic acids is 2. The summed E-state index contributed by atoms with van der Waals surface area (Å²) < 4.78 is 0. The van der Waals surface area contributed by atoms with Crippen LogP contribution in [0.1, 0.15) is 18.9 Å². The third-order valence-corrected chi connectivity index (χ3v) is 2.28. The standard InChI is InChI=1S/C11H16N2O.C2H2O4/c1-9(12-2)4-3-5-10-6-7-11(14)13-8-10;3-1(4)2(5)6/h3,5-9,12H,4H2,1-2H3,(H,13,14);(H,3,4)(H,5,6)/b5-3+;. The number of carboxylic acid groups (broad SMARTS) is 2. The lowest BCUT2D eigenvalue weighted by Crippen LogP contribution is -2.19. The fourth-order valence-corrected chi connectivity index (χ4v) is 1.05. The molecule has 0 aliphatic carbocycles. The van der Waals surface area contributed by atoms with Crippen molar-refractivity contribution in [2.75, 3.05) is 7.05 Å². The highest BCUT2D eigenvalue weighted by Gasteiger charge is 2.04. The van der Waals surface area contributed by atoms with Gasteiger partial charge < -0.3 is 20.5 Å². The first-order valence-electron chi connectivity index (χ1n) is 5.85. The van der Waals surface area contributed by atoms with E-state index in [1.54, 1.807) is 12.3 Å². The molecule has 0 bridgehead atoms. The van der Waals surface area contributed by atoms with Gasteiger partial charge in [0.05, 0.1) is 0 Å². The Morgan fingerprint density at radius 1 is 1.35 bits per heavy atom. The molecule has 110 valence electrons. The van der Waals surface area contributed by atoms with Crippen molar-refractivity contribution < 1.29 is 19.8 Å². The van der Waals surface area contributed by atoms with E-state index in [-0.39, 0.29) is 5.56 Å². The number of carbonyl (C=O) groups is 2. The Hall–Kier alpha value is -2.41. The minimum Gasteiger partial charge on any atom is -0.473 e. The Morgan fingerprint density at radius 3 is 2.35 bits per heavy atom. The minimum atomic E-state index is -1.82. The van der Waals surface area contributed by atoms with Gasteiger partial charge >= 0.3 is 11.9 Å². The van der Waals surface area contributed by atoms with E-state index in [4.69, 9.17) is 19.8 Å². The van der Waals surface area contributed by atoms with E-state index in [0.29, 0.717) is 6.04 Å². The van der Waals surface area contributed by atoms with E-state index in [9.17, 15) is 4.79 Å². The lowest BCUT2D eigenvalue weighted by Gasteiger charge is -2.04. The zero-order valence-corrected chi connectivity index (χ0v) is 11.3. The fraction of sp³-hybridized carbons (Fsp3) is 0.308. The van der Waals surface area contributed by atoms with E-state index >= 15 is 0 Å². The summed E-state index contributed by atoms with van der Waals surface area (Å²) in [4.78, 5) is 31.6. The fourth-order valence-electron chi connectivity index (χ4n) is 1.05. The molecule has 0 saturated carbocycles. The minimum absolute atomic E-state index is 0.0641. The first-order valence-corrected chi connectivity index (χ1v) is 5.85. The topological polar surface area (TPSA) is 119 Å². The molecule has 0 aromatic carbocycles. The van der Waals surface area contributed by atoms with Crippen molar-refractivity contribution in [3.05, 3.63) is 40.3 Å².